The van der Waals surface area contributed by atoms with Crippen LogP contribution in [0.15, 0.2) is 30.3 Å². The Morgan fingerprint density at radius 1 is 1.25 bits per heavy atom. The van der Waals surface area contributed by atoms with Crippen LogP contribution in [-0.4, -0.2) is 26.0 Å². The zero-order valence-electron chi connectivity index (χ0n) is 11.6. The molecule has 1 aromatic carbocycles. The fourth-order valence-corrected chi connectivity index (χ4v) is 2.98. The number of benzene rings is 1. The highest BCUT2D eigenvalue weighted by Crippen LogP contribution is 2.10. The number of carbonyl (C=O) groups is 1. The van der Waals surface area contributed by atoms with Gasteiger partial charge in [-0.2, -0.15) is 0 Å². The molecule has 1 rings (SSSR count). The van der Waals surface area contributed by atoms with Gasteiger partial charge in [0.05, 0.1) is 5.75 Å². The van der Waals surface area contributed by atoms with Gasteiger partial charge in [0.15, 0.2) is 0 Å². The predicted octanol–water partition coefficient (Wildman–Crippen LogP) is 2.00. The molecule has 20 heavy (non-hydrogen) atoms. The first kappa shape index (κ1) is 16.7. The van der Waals surface area contributed by atoms with Gasteiger partial charge < -0.3 is 5.11 Å². The smallest absolute Gasteiger partial charge is 0.303 e. The number of rotatable bonds is 9. The zero-order valence-corrected chi connectivity index (χ0v) is 12.4. The molecule has 0 aliphatic rings. The maximum absolute atomic E-state index is 11.8. The Morgan fingerprint density at radius 2 is 1.90 bits per heavy atom. The number of sulfonamides is 1. The van der Waals surface area contributed by atoms with Crippen LogP contribution in [0.3, 0.4) is 0 Å². The summed E-state index contributed by atoms with van der Waals surface area (Å²) in [5, 5.41) is 8.57. The van der Waals surface area contributed by atoms with Gasteiger partial charge in [0.25, 0.3) is 0 Å². The van der Waals surface area contributed by atoms with E-state index in [-0.39, 0.29) is 18.1 Å². The van der Waals surface area contributed by atoms with Crippen LogP contribution < -0.4 is 4.72 Å². The molecule has 0 spiro atoms. The lowest BCUT2D eigenvalue weighted by molar-refractivity contribution is -0.137. The van der Waals surface area contributed by atoms with Crippen LogP contribution in [-0.2, 0) is 20.6 Å². The van der Waals surface area contributed by atoms with Crippen LogP contribution in [0.5, 0.6) is 0 Å². The van der Waals surface area contributed by atoms with Crippen molar-refractivity contribution >= 4 is 16.0 Å². The number of nitrogens with one attached hydrogen (secondary N) is 1. The van der Waals surface area contributed by atoms with Crippen LogP contribution in [0.2, 0.25) is 0 Å². The SMILES string of the molecule is CC(CCNS(=O)(=O)Cc1ccccc1)CCC(=O)O. The molecule has 2 N–H and O–H groups in total. The minimum absolute atomic E-state index is 0.0304. The maximum atomic E-state index is 11.8. The van der Waals surface area contributed by atoms with E-state index < -0.39 is 16.0 Å². The summed E-state index contributed by atoms with van der Waals surface area (Å²) in [6.07, 6.45) is 1.33. The lowest BCUT2D eigenvalue weighted by Gasteiger charge is -2.11. The van der Waals surface area contributed by atoms with Crippen molar-refractivity contribution in [3.05, 3.63) is 35.9 Å². The minimum Gasteiger partial charge on any atom is -0.481 e. The second-order valence-corrected chi connectivity index (χ2v) is 6.77. The summed E-state index contributed by atoms with van der Waals surface area (Å²) < 4.78 is 26.2. The van der Waals surface area contributed by atoms with Gasteiger partial charge in [-0.3, -0.25) is 4.79 Å². The Hall–Kier alpha value is -1.40. The monoisotopic (exact) mass is 299 g/mol. The fourth-order valence-electron chi connectivity index (χ4n) is 1.82. The van der Waals surface area contributed by atoms with E-state index in [2.05, 4.69) is 4.72 Å². The number of aliphatic carboxylic acids is 1. The maximum Gasteiger partial charge on any atom is 0.303 e. The van der Waals surface area contributed by atoms with E-state index in [1.54, 1.807) is 24.3 Å². The van der Waals surface area contributed by atoms with Gasteiger partial charge in [0, 0.05) is 13.0 Å². The molecular weight excluding hydrogens is 278 g/mol. The standard InChI is InChI=1S/C14H21NO4S/c1-12(7-8-14(16)17)9-10-15-20(18,19)11-13-5-3-2-4-6-13/h2-6,12,15H,7-11H2,1H3,(H,16,17). The van der Waals surface area contributed by atoms with Gasteiger partial charge in [-0.05, 0) is 24.3 Å². The largest absolute Gasteiger partial charge is 0.481 e. The number of carboxylic acid groups (broad SMARTS) is 1. The van der Waals surface area contributed by atoms with E-state index in [1.807, 2.05) is 13.0 Å². The molecule has 0 fully saturated rings. The highest BCUT2D eigenvalue weighted by atomic mass is 32.2. The third-order valence-corrected chi connectivity index (χ3v) is 4.37. The molecule has 0 saturated carbocycles. The molecule has 5 nitrogen and oxygen atoms in total. The summed E-state index contributed by atoms with van der Waals surface area (Å²) in [4.78, 5) is 10.4. The molecule has 0 heterocycles. The number of hydrogen-bond acceptors (Lipinski definition) is 3. The van der Waals surface area contributed by atoms with Crippen LogP contribution >= 0.6 is 0 Å². The summed E-state index contributed by atoms with van der Waals surface area (Å²) in [6, 6.07) is 8.99. The van der Waals surface area contributed by atoms with Gasteiger partial charge in [-0.25, -0.2) is 13.1 Å². The third-order valence-electron chi connectivity index (χ3n) is 3.01. The minimum atomic E-state index is -3.33. The van der Waals surface area contributed by atoms with E-state index in [1.165, 1.54) is 0 Å². The van der Waals surface area contributed by atoms with Crippen molar-refractivity contribution in [1.82, 2.24) is 4.72 Å². The highest BCUT2D eigenvalue weighted by Gasteiger charge is 2.12. The van der Waals surface area contributed by atoms with Crippen LogP contribution in [0.4, 0.5) is 0 Å². The van der Waals surface area contributed by atoms with E-state index in [4.69, 9.17) is 5.11 Å². The highest BCUT2D eigenvalue weighted by molar-refractivity contribution is 7.88. The molecular formula is C14H21NO4S. The molecule has 1 unspecified atom stereocenters. The first-order chi connectivity index (χ1) is 9.39. The molecule has 0 aliphatic heterocycles. The van der Waals surface area contributed by atoms with Crippen LogP contribution in [0.25, 0.3) is 0 Å². The Morgan fingerprint density at radius 3 is 2.50 bits per heavy atom. The van der Waals surface area contributed by atoms with E-state index >= 15 is 0 Å². The second-order valence-electron chi connectivity index (χ2n) is 4.97. The molecule has 0 amide bonds. The molecule has 112 valence electrons. The fraction of sp³-hybridized carbons (Fsp3) is 0.500. The first-order valence-corrected chi connectivity index (χ1v) is 8.27. The summed E-state index contributed by atoms with van der Waals surface area (Å²) in [5.74, 6) is -0.663. The van der Waals surface area contributed by atoms with Crippen molar-refractivity contribution in [3.63, 3.8) is 0 Å². The average molecular weight is 299 g/mol. The zero-order chi connectivity index (χ0) is 15.0. The topological polar surface area (TPSA) is 83.5 Å². The number of carboxylic acids is 1. The van der Waals surface area contributed by atoms with E-state index in [0.717, 1.165) is 5.56 Å². The predicted molar refractivity (Wildman–Crippen MR) is 77.7 cm³/mol. The van der Waals surface area contributed by atoms with Crippen molar-refractivity contribution in [1.29, 1.82) is 0 Å². The van der Waals surface area contributed by atoms with Crippen molar-refractivity contribution in [2.45, 2.75) is 31.9 Å². The molecule has 0 aliphatic carbocycles. The summed E-state index contributed by atoms with van der Waals surface area (Å²) in [5.41, 5.74) is 0.749. The van der Waals surface area contributed by atoms with Gasteiger partial charge in [-0.15, -0.1) is 0 Å². The van der Waals surface area contributed by atoms with Crippen molar-refractivity contribution in [3.8, 4) is 0 Å². The molecule has 0 aromatic heterocycles. The summed E-state index contributed by atoms with van der Waals surface area (Å²) >= 11 is 0. The molecule has 1 aromatic rings. The van der Waals surface area contributed by atoms with Crippen molar-refractivity contribution in [2.24, 2.45) is 5.92 Å². The van der Waals surface area contributed by atoms with Crippen molar-refractivity contribution in [2.75, 3.05) is 6.54 Å². The van der Waals surface area contributed by atoms with Gasteiger partial charge in [0.2, 0.25) is 10.0 Å². The Labute approximate surface area is 120 Å². The molecule has 6 heteroatoms. The van der Waals surface area contributed by atoms with Gasteiger partial charge >= 0.3 is 5.97 Å². The molecule has 0 bridgehead atoms. The van der Waals surface area contributed by atoms with E-state index in [9.17, 15) is 13.2 Å². The van der Waals surface area contributed by atoms with Crippen molar-refractivity contribution < 1.29 is 18.3 Å². The Balaban J connectivity index is 2.31. The molecule has 0 saturated heterocycles. The Kier molecular flexibility index (Phi) is 6.67. The summed E-state index contributed by atoms with van der Waals surface area (Å²) in [6.45, 7) is 2.27. The van der Waals surface area contributed by atoms with E-state index in [0.29, 0.717) is 19.4 Å². The normalized spacial score (nSPS) is 13.1. The van der Waals surface area contributed by atoms with Crippen LogP contribution in [0, 0.1) is 5.92 Å². The van der Waals surface area contributed by atoms with Crippen LogP contribution in [0.1, 0.15) is 31.7 Å². The first-order valence-electron chi connectivity index (χ1n) is 6.62. The Bertz CT molecular complexity index is 513. The molecule has 0 radical (unpaired) electrons. The average Bonchev–Trinajstić information content (AvgIpc) is 2.36. The lowest BCUT2D eigenvalue weighted by atomic mass is 10.0. The molecule has 1 atom stereocenters. The number of hydrogen-bond donors (Lipinski definition) is 2. The summed E-state index contributed by atoms with van der Waals surface area (Å²) in [7, 11) is -3.33. The van der Waals surface area contributed by atoms with Gasteiger partial charge in [-0.1, -0.05) is 37.3 Å². The quantitative estimate of drug-likeness (QED) is 0.730. The third kappa shape index (κ3) is 7.25. The lowest BCUT2D eigenvalue weighted by Crippen LogP contribution is -2.27. The second kappa shape index (κ2) is 8.01. The van der Waals surface area contributed by atoms with Gasteiger partial charge in [0.1, 0.15) is 0 Å².